The molecule has 0 aliphatic carbocycles. The summed E-state index contributed by atoms with van der Waals surface area (Å²) in [5.41, 5.74) is 2.30. The van der Waals surface area contributed by atoms with Crippen molar-refractivity contribution in [1.29, 1.82) is 5.26 Å². The number of fused-ring (bicyclic) bond motifs is 1. The molecule has 3 heteroatoms. The number of benzene rings is 3. The van der Waals surface area contributed by atoms with Gasteiger partial charge in [0.1, 0.15) is 6.61 Å². The van der Waals surface area contributed by atoms with Crippen LogP contribution in [0.4, 0.5) is 0 Å². The molecule has 0 unspecified atom stereocenters. The molecule has 3 aromatic rings. The predicted octanol–water partition coefficient (Wildman–Crippen LogP) is 4.92. The molecule has 0 aromatic heterocycles. The van der Waals surface area contributed by atoms with Gasteiger partial charge in [0.15, 0.2) is 11.5 Å². The Labute approximate surface area is 153 Å². The lowest BCUT2D eigenvalue weighted by Gasteiger charge is -2.09. The van der Waals surface area contributed by atoms with E-state index in [-0.39, 0.29) is 6.61 Å². The van der Waals surface area contributed by atoms with Gasteiger partial charge in [-0.05, 0) is 46.2 Å². The molecule has 0 saturated heterocycles. The fourth-order valence-corrected chi connectivity index (χ4v) is 2.72. The van der Waals surface area contributed by atoms with Crippen molar-refractivity contribution in [3.05, 3.63) is 71.8 Å². The zero-order valence-corrected chi connectivity index (χ0v) is 14.4. The number of hydrogen-bond donors (Lipinski definition) is 0. The van der Waals surface area contributed by atoms with Gasteiger partial charge in [0.25, 0.3) is 0 Å². The number of methoxy groups -OCH3 is 1. The number of nitriles is 1. The van der Waals surface area contributed by atoms with Crippen molar-refractivity contribution >= 4 is 22.4 Å². The van der Waals surface area contributed by atoms with Gasteiger partial charge in [-0.1, -0.05) is 48.4 Å². The van der Waals surface area contributed by atoms with E-state index in [4.69, 9.17) is 15.9 Å². The molecule has 126 valence electrons. The van der Waals surface area contributed by atoms with Crippen LogP contribution in [0.15, 0.2) is 60.7 Å². The molecular weight excluding hydrogens is 322 g/mol. The molecule has 0 bridgehead atoms. The summed E-state index contributed by atoms with van der Waals surface area (Å²) >= 11 is 0. The summed E-state index contributed by atoms with van der Waals surface area (Å²) in [5, 5.41) is 11.9. The number of nitrogens with zero attached hydrogens (tertiary/aromatic N) is 1. The molecular formula is C23H17NO2. The standard InChI is InChI=1S/C23H17NO2/c1-3-12-26-22-11-8-17(14-23(22)25-2)13-21(16-24)20-10-9-18-6-4-5-7-19(18)15-20/h1,4-11,13-15H,12H2,2H3/b21-13-. The van der Waals surface area contributed by atoms with Gasteiger partial charge in [0.05, 0.1) is 18.8 Å². The van der Waals surface area contributed by atoms with Crippen molar-refractivity contribution in [3.8, 4) is 29.9 Å². The Morgan fingerprint density at radius 1 is 1.04 bits per heavy atom. The maximum atomic E-state index is 9.61. The van der Waals surface area contributed by atoms with Crippen LogP contribution in [-0.2, 0) is 0 Å². The number of terminal acetylenes is 1. The maximum Gasteiger partial charge on any atom is 0.162 e. The van der Waals surface area contributed by atoms with E-state index >= 15 is 0 Å². The van der Waals surface area contributed by atoms with E-state index in [1.807, 2.05) is 54.6 Å². The molecule has 0 atom stereocenters. The minimum Gasteiger partial charge on any atom is -0.493 e. The van der Waals surface area contributed by atoms with E-state index in [9.17, 15) is 5.26 Å². The molecule has 0 amide bonds. The molecule has 0 aliphatic rings. The Kier molecular flexibility index (Phi) is 5.22. The molecule has 0 N–H and O–H groups in total. The molecule has 0 radical (unpaired) electrons. The number of allylic oxidation sites excluding steroid dienone is 1. The van der Waals surface area contributed by atoms with Crippen LogP contribution in [0.5, 0.6) is 11.5 Å². The van der Waals surface area contributed by atoms with Gasteiger partial charge in [0, 0.05) is 0 Å². The van der Waals surface area contributed by atoms with E-state index < -0.39 is 0 Å². The Morgan fingerprint density at radius 3 is 2.58 bits per heavy atom. The number of hydrogen-bond acceptors (Lipinski definition) is 3. The van der Waals surface area contributed by atoms with Crippen LogP contribution in [0.1, 0.15) is 11.1 Å². The molecule has 0 heterocycles. The highest BCUT2D eigenvalue weighted by atomic mass is 16.5. The lowest BCUT2D eigenvalue weighted by molar-refractivity contribution is 0.331. The van der Waals surface area contributed by atoms with E-state index in [1.165, 1.54) is 0 Å². The fourth-order valence-electron chi connectivity index (χ4n) is 2.72. The van der Waals surface area contributed by atoms with Gasteiger partial charge in [-0.25, -0.2) is 0 Å². The number of ether oxygens (including phenoxy) is 2. The third-order valence-corrected chi connectivity index (χ3v) is 3.99. The minimum atomic E-state index is 0.173. The summed E-state index contributed by atoms with van der Waals surface area (Å²) in [6, 6.07) is 21.8. The third kappa shape index (κ3) is 3.69. The molecule has 3 aromatic carbocycles. The second-order valence-electron chi connectivity index (χ2n) is 5.63. The van der Waals surface area contributed by atoms with Gasteiger partial charge >= 0.3 is 0 Å². The second kappa shape index (κ2) is 7.92. The Balaban J connectivity index is 1.98. The first-order chi connectivity index (χ1) is 12.7. The van der Waals surface area contributed by atoms with Crippen molar-refractivity contribution < 1.29 is 9.47 Å². The van der Waals surface area contributed by atoms with E-state index in [0.29, 0.717) is 17.1 Å². The predicted molar refractivity (Wildman–Crippen MR) is 105 cm³/mol. The van der Waals surface area contributed by atoms with Crippen molar-refractivity contribution in [1.82, 2.24) is 0 Å². The average Bonchev–Trinajstić information content (AvgIpc) is 2.70. The zero-order valence-electron chi connectivity index (χ0n) is 14.4. The van der Waals surface area contributed by atoms with Crippen LogP contribution in [0.3, 0.4) is 0 Å². The topological polar surface area (TPSA) is 42.2 Å². The molecule has 26 heavy (non-hydrogen) atoms. The Bertz CT molecular complexity index is 1050. The first-order valence-electron chi connectivity index (χ1n) is 8.10. The number of rotatable bonds is 5. The van der Waals surface area contributed by atoms with Crippen molar-refractivity contribution in [2.24, 2.45) is 0 Å². The molecule has 3 rings (SSSR count). The fraction of sp³-hybridized carbons (Fsp3) is 0.0870. The monoisotopic (exact) mass is 339 g/mol. The smallest absolute Gasteiger partial charge is 0.162 e. The summed E-state index contributed by atoms with van der Waals surface area (Å²) in [6.45, 7) is 0.173. The molecule has 0 aliphatic heterocycles. The van der Waals surface area contributed by atoms with Crippen LogP contribution in [0, 0.1) is 23.7 Å². The Morgan fingerprint density at radius 2 is 1.85 bits per heavy atom. The minimum absolute atomic E-state index is 0.173. The van der Waals surface area contributed by atoms with Gasteiger partial charge in [-0.2, -0.15) is 5.26 Å². The van der Waals surface area contributed by atoms with Gasteiger partial charge < -0.3 is 9.47 Å². The summed E-state index contributed by atoms with van der Waals surface area (Å²) in [5.74, 6) is 3.58. The van der Waals surface area contributed by atoms with Crippen molar-refractivity contribution in [3.63, 3.8) is 0 Å². The maximum absolute atomic E-state index is 9.61. The van der Waals surface area contributed by atoms with E-state index in [1.54, 1.807) is 13.2 Å². The van der Waals surface area contributed by atoms with Crippen LogP contribution in [0.25, 0.3) is 22.4 Å². The van der Waals surface area contributed by atoms with Gasteiger partial charge in [-0.15, -0.1) is 6.42 Å². The summed E-state index contributed by atoms with van der Waals surface area (Å²) in [4.78, 5) is 0. The quantitative estimate of drug-likeness (QED) is 0.376. The van der Waals surface area contributed by atoms with E-state index in [2.05, 4.69) is 18.1 Å². The van der Waals surface area contributed by atoms with Crippen molar-refractivity contribution in [2.45, 2.75) is 0 Å². The molecule has 0 fully saturated rings. The first kappa shape index (κ1) is 17.1. The van der Waals surface area contributed by atoms with Gasteiger partial charge in [-0.3, -0.25) is 0 Å². The third-order valence-electron chi connectivity index (χ3n) is 3.99. The highest BCUT2D eigenvalue weighted by Crippen LogP contribution is 2.30. The summed E-state index contributed by atoms with van der Waals surface area (Å²) < 4.78 is 10.8. The average molecular weight is 339 g/mol. The van der Waals surface area contributed by atoms with Crippen molar-refractivity contribution in [2.75, 3.05) is 13.7 Å². The summed E-state index contributed by atoms with van der Waals surface area (Å²) in [6.07, 6.45) is 7.06. The molecule has 0 saturated carbocycles. The highest BCUT2D eigenvalue weighted by Gasteiger charge is 2.07. The first-order valence-corrected chi connectivity index (χ1v) is 8.10. The Hall–Kier alpha value is -3.69. The second-order valence-corrected chi connectivity index (χ2v) is 5.63. The van der Waals surface area contributed by atoms with Gasteiger partial charge in [0.2, 0.25) is 0 Å². The lowest BCUT2D eigenvalue weighted by Crippen LogP contribution is -1.96. The van der Waals surface area contributed by atoms with Crippen LogP contribution in [-0.4, -0.2) is 13.7 Å². The molecule has 3 nitrogen and oxygen atoms in total. The van der Waals surface area contributed by atoms with Crippen LogP contribution >= 0.6 is 0 Å². The highest BCUT2D eigenvalue weighted by molar-refractivity contribution is 5.94. The normalized spacial score (nSPS) is 10.8. The van der Waals surface area contributed by atoms with E-state index in [0.717, 1.165) is 21.9 Å². The lowest BCUT2D eigenvalue weighted by atomic mass is 10.00. The SMILES string of the molecule is C#CCOc1ccc(/C=C(/C#N)c2ccc3ccccc3c2)cc1OC. The van der Waals surface area contributed by atoms with Crippen LogP contribution in [0.2, 0.25) is 0 Å². The summed E-state index contributed by atoms with van der Waals surface area (Å²) in [7, 11) is 1.57. The molecule has 0 spiro atoms. The van der Waals surface area contributed by atoms with Crippen LogP contribution < -0.4 is 9.47 Å². The largest absolute Gasteiger partial charge is 0.493 e. The zero-order chi connectivity index (χ0) is 18.4.